The molecule has 8 heteroatoms. The molecule has 1 fully saturated rings. The zero-order valence-corrected chi connectivity index (χ0v) is 20.7. The van der Waals surface area contributed by atoms with Gasteiger partial charge < -0.3 is 29.7 Å². The van der Waals surface area contributed by atoms with E-state index in [4.69, 9.17) is 14.2 Å². The number of methoxy groups -OCH3 is 1. The number of rotatable bonds is 8. The fraction of sp³-hybridized carbons (Fsp3) is 0.286. The minimum atomic E-state index is -0.297. The molecule has 8 nitrogen and oxygen atoms in total. The molecule has 2 atom stereocenters. The van der Waals surface area contributed by atoms with Crippen LogP contribution in [0.15, 0.2) is 72.8 Å². The zero-order chi connectivity index (χ0) is 25.5. The summed E-state index contributed by atoms with van der Waals surface area (Å²) in [6.07, 6.45) is 0.366. The van der Waals surface area contributed by atoms with E-state index in [0.717, 1.165) is 18.8 Å². The largest absolute Gasteiger partial charge is 0.497 e. The van der Waals surface area contributed by atoms with Crippen LogP contribution in [0.1, 0.15) is 24.2 Å². The number of anilines is 3. The Hall–Kier alpha value is -4.04. The third kappa shape index (κ3) is 6.76. The van der Waals surface area contributed by atoms with Gasteiger partial charge in [0, 0.05) is 41.8 Å². The van der Waals surface area contributed by atoms with Gasteiger partial charge in [-0.2, -0.15) is 0 Å². The van der Waals surface area contributed by atoms with E-state index in [2.05, 4.69) is 29.4 Å². The summed E-state index contributed by atoms with van der Waals surface area (Å²) in [5.74, 6) is 0.624. The zero-order valence-electron chi connectivity index (χ0n) is 20.7. The van der Waals surface area contributed by atoms with Crippen LogP contribution in [0.2, 0.25) is 0 Å². The second kappa shape index (κ2) is 11.6. The SMILES string of the molecule is COc1cccc(NC(=O)COc2ccc(C(=O)Nc3ccc(N4CC(C)OC(C)C4)cc3)cc2)c1. The third-order valence-electron chi connectivity index (χ3n) is 5.75. The number of hydrogen-bond acceptors (Lipinski definition) is 6. The fourth-order valence-corrected chi connectivity index (χ4v) is 4.10. The number of hydrogen-bond donors (Lipinski definition) is 2. The predicted octanol–water partition coefficient (Wildman–Crippen LogP) is 4.58. The second-order valence-electron chi connectivity index (χ2n) is 8.76. The molecule has 2 unspecified atom stereocenters. The molecule has 2 amide bonds. The average Bonchev–Trinajstić information content (AvgIpc) is 2.88. The lowest BCUT2D eigenvalue weighted by molar-refractivity contribution is -0.118. The van der Waals surface area contributed by atoms with Gasteiger partial charge in [0.1, 0.15) is 11.5 Å². The smallest absolute Gasteiger partial charge is 0.262 e. The van der Waals surface area contributed by atoms with Gasteiger partial charge in [-0.1, -0.05) is 6.07 Å². The first-order chi connectivity index (χ1) is 17.4. The van der Waals surface area contributed by atoms with Crippen molar-refractivity contribution in [1.82, 2.24) is 0 Å². The summed E-state index contributed by atoms with van der Waals surface area (Å²) >= 11 is 0. The fourth-order valence-electron chi connectivity index (χ4n) is 4.10. The summed E-state index contributed by atoms with van der Waals surface area (Å²) in [6, 6.07) is 21.5. The number of morpholine rings is 1. The van der Waals surface area contributed by atoms with Crippen LogP contribution in [0.4, 0.5) is 17.1 Å². The average molecular weight is 490 g/mol. The number of nitrogens with zero attached hydrogens (tertiary/aromatic N) is 1. The van der Waals surface area contributed by atoms with Crippen LogP contribution in [-0.4, -0.2) is 50.8 Å². The van der Waals surface area contributed by atoms with Gasteiger partial charge in [0.25, 0.3) is 11.8 Å². The number of benzene rings is 3. The van der Waals surface area contributed by atoms with Gasteiger partial charge in [-0.25, -0.2) is 0 Å². The van der Waals surface area contributed by atoms with E-state index in [0.29, 0.717) is 28.4 Å². The van der Waals surface area contributed by atoms with Gasteiger partial charge in [-0.3, -0.25) is 9.59 Å². The lowest BCUT2D eigenvalue weighted by atomic mass is 10.1. The molecule has 4 rings (SSSR count). The van der Waals surface area contributed by atoms with Crippen LogP contribution in [0, 0.1) is 0 Å². The van der Waals surface area contributed by atoms with Crippen molar-refractivity contribution >= 4 is 28.9 Å². The van der Waals surface area contributed by atoms with Crippen molar-refractivity contribution in [3.8, 4) is 11.5 Å². The standard InChI is InChI=1S/C28H31N3O5/c1-19-16-31(17-20(2)36-19)24-11-9-22(10-12-24)30-28(33)21-7-13-25(14-8-21)35-18-27(32)29-23-5-4-6-26(15-23)34-3/h4-15,19-20H,16-18H2,1-3H3,(H,29,32)(H,30,33). The van der Waals surface area contributed by atoms with E-state index in [1.807, 2.05) is 24.3 Å². The maximum Gasteiger partial charge on any atom is 0.262 e. The van der Waals surface area contributed by atoms with Crippen LogP contribution >= 0.6 is 0 Å². The van der Waals surface area contributed by atoms with Crippen molar-refractivity contribution in [3.63, 3.8) is 0 Å². The molecule has 3 aromatic carbocycles. The Morgan fingerprint density at radius 2 is 1.58 bits per heavy atom. The summed E-state index contributed by atoms with van der Waals surface area (Å²) < 4.78 is 16.5. The molecule has 0 aromatic heterocycles. The molecule has 0 aliphatic carbocycles. The quantitative estimate of drug-likeness (QED) is 0.482. The molecular formula is C28H31N3O5. The molecule has 2 N–H and O–H groups in total. The van der Waals surface area contributed by atoms with Crippen molar-refractivity contribution in [2.75, 3.05) is 42.3 Å². The van der Waals surface area contributed by atoms with Gasteiger partial charge in [0.15, 0.2) is 6.61 Å². The molecule has 36 heavy (non-hydrogen) atoms. The normalized spacial score (nSPS) is 17.2. The van der Waals surface area contributed by atoms with E-state index in [1.165, 1.54) is 0 Å². The summed E-state index contributed by atoms with van der Waals surface area (Å²) in [5.41, 5.74) is 2.93. The Morgan fingerprint density at radius 3 is 2.25 bits per heavy atom. The highest BCUT2D eigenvalue weighted by Crippen LogP contribution is 2.23. The van der Waals surface area contributed by atoms with Crippen LogP contribution in [0.5, 0.6) is 11.5 Å². The molecular weight excluding hydrogens is 458 g/mol. The summed E-state index contributed by atoms with van der Waals surface area (Å²) in [5, 5.41) is 5.67. The van der Waals surface area contributed by atoms with Crippen LogP contribution in [0.3, 0.4) is 0 Å². The van der Waals surface area contributed by atoms with Crippen LogP contribution < -0.4 is 25.0 Å². The Kier molecular flexibility index (Phi) is 8.07. The van der Waals surface area contributed by atoms with E-state index in [1.54, 1.807) is 55.6 Å². The molecule has 3 aromatic rings. The second-order valence-corrected chi connectivity index (χ2v) is 8.76. The highest BCUT2D eigenvalue weighted by Gasteiger charge is 2.22. The number of nitrogens with one attached hydrogen (secondary N) is 2. The molecule has 1 aliphatic rings. The minimum Gasteiger partial charge on any atom is -0.497 e. The molecule has 1 heterocycles. The van der Waals surface area contributed by atoms with Gasteiger partial charge in [-0.05, 0) is 74.5 Å². The molecule has 188 valence electrons. The summed E-state index contributed by atoms with van der Waals surface area (Å²) in [6.45, 7) is 5.67. The maximum atomic E-state index is 12.7. The summed E-state index contributed by atoms with van der Waals surface area (Å²) in [7, 11) is 1.57. The minimum absolute atomic E-state index is 0.157. The third-order valence-corrected chi connectivity index (χ3v) is 5.75. The number of carbonyl (C=O) groups is 2. The first kappa shape index (κ1) is 25.1. The Bertz CT molecular complexity index is 1170. The van der Waals surface area contributed by atoms with Crippen molar-refractivity contribution < 1.29 is 23.8 Å². The molecule has 0 spiro atoms. The van der Waals surface area contributed by atoms with E-state index in [9.17, 15) is 9.59 Å². The van der Waals surface area contributed by atoms with Crippen LogP contribution in [-0.2, 0) is 9.53 Å². The lowest BCUT2D eigenvalue weighted by Gasteiger charge is -2.36. The molecule has 0 radical (unpaired) electrons. The first-order valence-electron chi connectivity index (χ1n) is 11.9. The number of amides is 2. The molecule has 1 saturated heterocycles. The number of ether oxygens (including phenoxy) is 3. The Morgan fingerprint density at radius 1 is 0.889 bits per heavy atom. The van der Waals surface area contributed by atoms with E-state index < -0.39 is 0 Å². The predicted molar refractivity (Wildman–Crippen MR) is 140 cm³/mol. The Labute approximate surface area is 211 Å². The lowest BCUT2D eigenvalue weighted by Crippen LogP contribution is -2.45. The number of carbonyl (C=O) groups excluding carboxylic acids is 2. The molecule has 0 saturated carbocycles. The Balaban J connectivity index is 1.27. The maximum absolute atomic E-state index is 12.7. The van der Waals surface area contributed by atoms with Gasteiger partial charge in [-0.15, -0.1) is 0 Å². The van der Waals surface area contributed by atoms with Crippen molar-refractivity contribution in [2.45, 2.75) is 26.1 Å². The van der Waals surface area contributed by atoms with Crippen molar-refractivity contribution in [1.29, 1.82) is 0 Å². The van der Waals surface area contributed by atoms with Gasteiger partial charge >= 0.3 is 0 Å². The van der Waals surface area contributed by atoms with Gasteiger partial charge in [0.05, 0.1) is 19.3 Å². The van der Waals surface area contributed by atoms with E-state index >= 15 is 0 Å². The topological polar surface area (TPSA) is 89.1 Å². The molecule has 0 bridgehead atoms. The van der Waals surface area contributed by atoms with Crippen molar-refractivity contribution in [2.24, 2.45) is 0 Å². The van der Waals surface area contributed by atoms with Gasteiger partial charge in [0.2, 0.25) is 0 Å². The van der Waals surface area contributed by atoms with Crippen LogP contribution in [0.25, 0.3) is 0 Å². The highest BCUT2D eigenvalue weighted by atomic mass is 16.5. The molecule has 1 aliphatic heterocycles. The highest BCUT2D eigenvalue weighted by molar-refractivity contribution is 6.04. The monoisotopic (exact) mass is 489 g/mol. The first-order valence-corrected chi connectivity index (χ1v) is 11.9. The van der Waals surface area contributed by atoms with E-state index in [-0.39, 0.29) is 30.6 Å². The summed E-state index contributed by atoms with van der Waals surface area (Å²) in [4.78, 5) is 27.1. The van der Waals surface area contributed by atoms with Crippen molar-refractivity contribution in [3.05, 3.63) is 78.4 Å².